The molecule has 0 aromatic heterocycles. The van der Waals surface area contributed by atoms with Crippen molar-refractivity contribution in [3.63, 3.8) is 0 Å². The van der Waals surface area contributed by atoms with Gasteiger partial charge in [0.25, 0.3) is 5.91 Å². The highest BCUT2D eigenvalue weighted by Crippen LogP contribution is 2.18. The Kier molecular flexibility index (Phi) is 6.02. The maximum atomic E-state index is 13.1. The number of carbonyl (C=O) groups excluding carboxylic acids is 1. The van der Waals surface area contributed by atoms with Crippen LogP contribution in [0, 0.1) is 5.82 Å². The molecule has 26 heavy (non-hydrogen) atoms. The lowest BCUT2D eigenvalue weighted by Crippen LogP contribution is -2.23. The van der Waals surface area contributed by atoms with Gasteiger partial charge in [-0.3, -0.25) is 4.79 Å². The van der Waals surface area contributed by atoms with E-state index in [-0.39, 0.29) is 11.7 Å². The maximum absolute atomic E-state index is 13.1. The number of nitrogens with one attached hydrogen (secondary N) is 1. The largest absolute Gasteiger partial charge is 0.489 e. The second kappa shape index (κ2) is 8.63. The van der Waals surface area contributed by atoms with Crippen molar-refractivity contribution in [3.8, 4) is 5.75 Å². The van der Waals surface area contributed by atoms with Crippen molar-refractivity contribution in [1.29, 1.82) is 0 Å². The lowest BCUT2D eigenvalue weighted by molar-refractivity contribution is 0.0950. The summed E-state index contributed by atoms with van der Waals surface area (Å²) < 4.78 is 19.3. The molecular weight excluding hydrogens is 397 g/mol. The van der Waals surface area contributed by atoms with Gasteiger partial charge in [-0.05, 0) is 57.4 Å². The molecule has 0 saturated heterocycles. The van der Waals surface area contributed by atoms with Gasteiger partial charge in [-0.1, -0.05) is 42.5 Å². The van der Waals surface area contributed by atoms with E-state index >= 15 is 0 Å². The molecule has 3 rings (SSSR count). The highest BCUT2D eigenvalue weighted by Gasteiger charge is 2.10. The molecule has 0 atom stereocenters. The highest BCUT2D eigenvalue weighted by atomic mass is 79.9. The van der Waals surface area contributed by atoms with Crippen LogP contribution in [-0.4, -0.2) is 5.91 Å². The zero-order valence-electron chi connectivity index (χ0n) is 13.9. The van der Waals surface area contributed by atoms with Crippen molar-refractivity contribution >= 4 is 21.8 Å². The second-order valence-corrected chi connectivity index (χ2v) is 6.58. The van der Waals surface area contributed by atoms with Crippen LogP contribution in [0.25, 0.3) is 0 Å². The fourth-order valence-electron chi connectivity index (χ4n) is 2.40. The molecule has 0 fully saturated rings. The van der Waals surface area contributed by atoms with Gasteiger partial charge in [0.2, 0.25) is 0 Å². The third kappa shape index (κ3) is 4.92. The zero-order chi connectivity index (χ0) is 18.4. The average Bonchev–Trinajstić information content (AvgIpc) is 2.66. The first-order valence-electron chi connectivity index (χ1n) is 8.11. The van der Waals surface area contributed by atoms with E-state index in [1.807, 2.05) is 54.6 Å². The molecule has 0 heterocycles. The van der Waals surface area contributed by atoms with Crippen molar-refractivity contribution < 1.29 is 13.9 Å². The third-order valence-corrected chi connectivity index (χ3v) is 4.46. The quantitative estimate of drug-likeness (QED) is 0.610. The van der Waals surface area contributed by atoms with E-state index in [2.05, 4.69) is 21.2 Å². The highest BCUT2D eigenvalue weighted by molar-refractivity contribution is 9.10. The fraction of sp³-hybridized carbons (Fsp3) is 0.0952. The van der Waals surface area contributed by atoms with E-state index < -0.39 is 0 Å². The van der Waals surface area contributed by atoms with Crippen molar-refractivity contribution in [1.82, 2.24) is 5.32 Å². The number of halogens is 2. The predicted octanol–water partition coefficient (Wildman–Crippen LogP) is 5.10. The summed E-state index contributed by atoms with van der Waals surface area (Å²) in [4.78, 5) is 12.2. The average molecular weight is 414 g/mol. The summed E-state index contributed by atoms with van der Waals surface area (Å²) in [5.74, 6) is 0.117. The SMILES string of the molecule is O=C(NCc1ccc(OCc2ccccc2)cc1)c1ccc(F)cc1Br. The van der Waals surface area contributed by atoms with E-state index in [0.717, 1.165) is 16.9 Å². The Labute approximate surface area is 159 Å². The first-order valence-corrected chi connectivity index (χ1v) is 8.90. The van der Waals surface area contributed by atoms with Crippen LogP contribution in [0.15, 0.2) is 77.3 Å². The fourth-order valence-corrected chi connectivity index (χ4v) is 2.93. The minimum absolute atomic E-state index is 0.263. The van der Waals surface area contributed by atoms with Crippen LogP contribution in [0.3, 0.4) is 0 Å². The Bertz CT molecular complexity index is 882. The van der Waals surface area contributed by atoms with Gasteiger partial charge >= 0.3 is 0 Å². The van der Waals surface area contributed by atoms with Gasteiger partial charge in [0, 0.05) is 11.0 Å². The minimum atomic E-state index is -0.389. The predicted molar refractivity (Wildman–Crippen MR) is 102 cm³/mol. The van der Waals surface area contributed by atoms with Gasteiger partial charge in [0.1, 0.15) is 18.2 Å². The molecule has 3 aromatic rings. The van der Waals surface area contributed by atoms with Crippen LogP contribution in [0.1, 0.15) is 21.5 Å². The number of amides is 1. The summed E-state index contributed by atoms with van der Waals surface area (Å²) in [7, 11) is 0. The maximum Gasteiger partial charge on any atom is 0.252 e. The van der Waals surface area contributed by atoms with Gasteiger partial charge < -0.3 is 10.1 Å². The van der Waals surface area contributed by atoms with Gasteiger partial charge in [-0.25, -0.2) is 4.39 Å². The van der Waals surface area contributed by atoms with Crippen LogP contribution in [0.5, 0.6) is 5.75 Å². The number of hydrogen-bond donors (Lipinski definition) is 1. The van der Waals surface area contributed by atoms with E-state index in [9.17, 15) is 9.18 Å². The van der Waals surface area contributed by atoms with E-state index in [0.29, 0.717) is 23.2 Å². The van der Waals surface area contributed by atoms with Crippen molar-refractivity contribution in [3.05, 3.63) is 99.8 Å². The molecule has 132 valence electrons. The molecule has 0 aliphatic carbocycles. The molecule has 0 saturated carbocycles. The van der Waals surface area contributed by atoms with Gasteiger partial charge in [0.05, 0.1) is 5.56 Å². The summed E-state index contributed by atoms with van der Waals surface area (Å²) in [5, 5.41) is 2.82. The first kappa shape index (κ1) is 18.1. The molecule has 5 heteroatoms. The zero-order valence-corrected chi connectivity index (χ0v) is 15.5. The number of rotatable bonds is 6. The Morgan fingerprint density at radius 3 is 2.38 bits per heavy atom. The molecule has 0 aliphatic heterocycles. The molecule has 0 radical (unpaired) electrons. The summed E-state index contributed by atoms with van der Waals surface area (Å²) >= 11 is 3.20. The van der Waals surface area contributed by atoms with E-state index in [1.165, 1.54) is 18.2 Å². The number of carbonyl (C=O) groups is 1. The molecule has 0 aliphatic rings. The minimum Gasteiger partial charge on any atom is -0.489 e. The van der Waals surface area contributed by atoms with Gasteiger partial charge in [-0.2, -0.15) is 0 Å². The number of benzene rings is 3. The number of hydrogen-bond acceptors (Lipinski definition) is 2. The topological polar surface area (TPSA) is 38.3 Å². The van der Waals surface area contributed by atoms with Crippen LogP contribution in [0.2, 0.25) is 0 Å². The molecule has 3 aromatic carbocycles. The normalized spacial score (nSPS) is 10.4. The molecular formula is C21H17BrFNO2. The summed E-state index contributed by atoms with van der Waals surface area (Å²) in [6.07, 6.45) is 0. The Morgan fingerprint density at radius 2 is 1.69 bits per heavy atom. The van der Waals surface area contributed by atoms with Crippen LogP contribution in [0.4, 0.5) is 4.39 Å². The Morgan fingerprint density at radius 1 is 0.962 bits per heavy atom. The first-order chi connectivity index (χ1) is 12.6. The smallest absolute Gasteiger partial charge is 0.252 e. The molecule has 0 bridgehead atoms. The van der Waals surface area contributed by atoms with Gasteiger partial charge in [-0.15, -0.1) is 0 Å². The van der Waals surface area contributed by atoms with Crippen molar-refractivity contribution in [2.24, 2.45) is 0 Å². The van der Waals surface area contributed by atoms with E-state index in [1.54, 1.807) is 0 Å². The molecule has 0 unspecified atom stereocenters. The summed E-state index contributed by atoms with van der Waals surface area (Å²) in [6.45, 7) is 0.886. The molecule has 0 spiro atoms. The summed E-state index contributed by atoms with van der Waals surface area (Å²) in [6, 6.07) is 21.5. The third-order valence-electron chi connectivity index (χ3n) is 3.80. The summed E-state index contributed by atoms with van der Waals surface area (Å²) in [5.41, 5.74) is 2.45. The second-order valence-electron chi connectivity index (χ2n) is 5.73. The molecule has 3 nitrogen and oxygen atoms in total. The Hall–Kier alpha value is -2.66. The van der Waals surface area contributed by atoms with Crippen molar-refractivity contribution in [2.75, 3.05) is 0 Å². The standard InChI is InChI=1S/C21H17BrFNO2/c22-20-12-17(23)8-11-19(20)21(25)24-13-15-6-9-18(10-7-15)26-14-16-4-2-1-3-5-16/h1-12H,13-14H2,(H,24,25). The monoisotopic (exact) mass is 413 g/mol. The lowest BCUT2D eigenvalue weighted by Gasteiger charge is -2.09. The van der Waals surface area contributed by atoms with Crippen LogP contribution < -0.4 is 10.1 Å². The Balaban J connectivity index is 1.53. The molecule has 1 N–H and O–H groups in total. The lowest BCUT2D eigenvalue weighted by atomic mass is 10.2. The van der Waals surface area contributed by atoms with Crippen LogP contribution in [-0.2, 0) is 13.2 Å². The van der Waals surface area contributed by atoms with Crippen molar-refractivity contribution in [2.45, 2.75) is 13.2 Å². The molecule has 1 amide bonds. The van der Waals surface area contributed by atoms with E-state index in [4.69, 9.17) is 4.74 Å². The number of ether oxygens (including phenoxy) is 1. The van der Waals surface area contributed by atoms with Crippen LogP contribution >= 0.6 is 15.9 Å². The van der Waals surface area contributed by atoms with Gasteiger partial charge in [0.15, 0.2) is 0 Å².